The molecule has 1 N–H and O–H groups in total. The summed E-state index contributed by atoms with van der Waals surface area (Å²) in [7, 11) is 1.41. The summed E-state index contributed by atoms with van der Waals surface area (Å²) in [5, 5.41) is 12.2. The number of rotatable bonds is 6. The van der Waals surface area contributed by atoms with E-state index in [0.29, 0.717) is 5.75 Å². The standard InChI is InChI=1S/C11H19N3O2S2/c1-7(2)12-11(4,9(15)16-5)6-17-10-14-13-8(3)18-10/h7,12H,6H2,1-5H3. The molecular formula is C11H19N3O2S2. The number of aryl methyl sites for hydroxylation is 1. The molecule has 18 heavy (non-hydrogen) atoms. The number of carbonyl (C=O) groups excluding carboxylic acids is 1. The van der Waals surface area contributed by atoms with Crippen LogP contribution in [0.25, 0.3) is 0 Å². The molecule has 0 aliphatic heterocycles. The molecule has 5 nitrogen and oxygen atoms in total. The number of nitrogens with one attached hydrogen (secondary N) is 1. The smallest absolute Gasteiger partial charge is 0.326 e. The van der Waals surface area contributed by atoms with Crippen molar-refractivity contribution in [2.75, 3.05) is 12.9 Å². The van der Waals surface area contributed by atoms with Crippen molar-refractivity contribution >= 4 is 29.1 Å². The van der Waals surface area contributed by atoms with Crippen molar-refractivity contribution in [1.82, 2.24) is 15.5 Å². The zero-order valence-corrected chi connectivity index (χ0v) is 12.9. The van der Waals surface area contributed by atoms with Crippen LogP contribution in [-0.2, 0) is 9.53 Å². The molecule has 0 spiro atoms. The zero-order chi connectivity index (χ0) is 13.8. The van der Waals surface area contributed by atoms with E-state index in [2.05, 4.69) is 15.5 Å². The third-order valence-corrected chi connectivity index (χ3v) is 4.52. The fourth-order valence-corrected chi connectivity index (χ4v) is 3.47. The number of ether oxygens (including phenoxy) is 1. The Hall–Kier alpha value is -0.660. The van der Waals surface area contributed by atoms with E-state index in [-0.39, 0.29) is 12.0 Å². The fraction of sp³-hybridized carbons (Fsp3) is 0.727. The highest BCUT2D eigenvalue weighted by molar-refractivity contribution is 8.01. The van der Waals surface area contributed by atoms with Crippen molar-refractivity contribution in [2.24, 2.45) is 0 Å². The van der Waals surface area contributed by atoms with Crippen molar-refractivity contribution in [2.45, 2.75) is 43.6 Å². The van der Waals surface area contributed by atoms with Gasteiger partial charge in [0.15, 0.2) is 4.34 Å². The molecule has 0 aliphatic carbocycles. The van der Waals surface area contributed by atoms with Gasteiger partial charge >= 0.3 is 5.97 Å². The van der Waals surface area contributed by atoms with Gasteiger partial charge in [0.05, 0.1) is 7.11 Å². The summed E-state index contributed by atoms with van der Waals surface area (Å²) in [4.78, 5) is 11.9. The number of methoxy groups -OCH3 is 1. The summed E-state index contributed by atoms with van der Waals surface area (Å²) in [5.74, 6) is 0.303. The Morgan fingerprint density at radius 2 is 2.22 bits per heavy atom. The summed E-state index contributed by atoms with van der Waals surface area (Å²) in [6, 6.07) is 0.200. The Morgan fingerprint density at radius 3 is 2.67 bits per heavy atom. The number of hydrogen-bond donors (Lipinski definition) is 1. The zero-order valence-electron chi connectivity index (χ0n) is 11.3. The maximum absolute atomic E-state index is 11.9. The van der Waals surface area contributed by atoms with Gasteiger partial charge in [-0.25, -0.2) is 0 Å². The molecule has 0 aromatic carbocycles. The molecule has 7 heteroatoms. The van der Waals surface area contributed by atoms with Gasteiger partial charge in [-0.1, -0.05) is 23.1 Å². The van der Waals surface area contributed by atoms with Crippen LogP contribution in [0, 0.1) is 6.92 Å². The Balaban J connectivity index is 2.69. The van der Waals surface area contributed by atoms with Gasteiger partial charge in [-0.3, -0.25) is 10.1 Å². The fourth-order valence-electron chi connectivity index (χ4n) is 1.56. The molecule has 0 radical (unpaired) electrons. The lowest BCUT2D eigenvalue weighted by molar-refractivity contribution is -0.147. The number of thioether (sulfide) groups is 1. The summed E-state index contributed by atoms with van der Waals surface area (Å²) in [5.41, 5.74) is -0.715. The second kappa shape index (κ2) is 6.49. The number of hydrogen-bond acceptors (Lipinski definition) is 7. The van der Waals surface area contributed by atoms with Gasteiger partial charge in [0.25, 0.3) is 0 Å². The molecule has 0 amide bonds. The molecule has 1 atom stereocenters. The lowest BCUT2D eigenvalue weighted by Gasteiger charge is -2.29. The molecule has 1 rings (SSSR count). The molecule has 1 aromatic heterocycles. The number of aromatic nitrogens is 2. The average molecular weight is 289 g/mol. The molecule has 1 heterocycles. The van der Waals surface area contributed by atoms with Crippen LogP contribution in [0.15, 0.2) is 4.34 Å². The van der Waals surface area contributed by atoms with Gasteiger partial charge in [0.1, 0.15) is 10.5 Å². The highest BCUT2D eigenvalue weighted by Gasteiger charge is 2.35. The molecular weight excluding hydrogens is 270 g/mol. The highest BCUT2D eigenvalue weighted by atomic mass is 32.2. The summed E-state index contributed by atoms with van der Waals surface area (Å²) >= 11 is 3.04. The van der Waals surface area contributed by atoms with Crippen molar-refractivity contribution in [1.29, 1.82) is 0 Å². The predicted molar refractivity (Wildman–Crippen MR) is 74.1 cm³/mol. The van der Waals surface area contributed by atoms with Crippen molar-refractivity contribution in [3.8, 4) is 0 Å². The van der Waals surface area contributed by atoms with Gasteiger partial charge in [-0.15, -0.1) is 10.2 Å². The Kier molecular flexibility index (Phi) is 5.55. The van der Waals surface area contributed by atoms with Crippen LogP contribution in [-0.4, -0.2) is 40.6 Å². The minimum Gasteiger partial charge on any atom is -0.468 e. The first kappa shape index (κ1) is 15.4. The summed E-state index contributed by atoms with van der Waals surface area (Å²) < 4.78 is 5.73. The van der Waals surface area contributed by atoms with E-state index < -0.39 is 5.54 Å². The second-order valence-corrected chi connectivity index (χ2v) is 6.90. The van der Waals surface area contributed by atoms with Gasteiger partial charge in [0.2, 0.25) is 0 Å². The summed E-state index contributed by atoms with van der Waals surface area (Å²) in [6.45, 7) is 7.76. The summed E-state index contributed by atoms with van der Waals surface area (Å²) in [6.07, 6.45) is 0. The van der Waals surface area contributed by atoms with Crippen molar-refractivity contribution < 1.29 is 9.53 Å². The second-order valence-electron chi connectivity index (χ2n) is 4.50. The molecule has 1 unspecified atom stereocenters. The normalized spacial score (nSPS) is 14.6. The number of esters is 1. The van der Waals surface area contributed by atoms with E-state index in [1.165, 1.54) is 30.2 Å². The molecule has 0 saturated carbocycles. The third-order valence-electron chi connectivity index (χ3n) is 2.23. The quantitative estimate of drug-likeness (QED) is 0.637. The Morgan fingerprint density at radius 1 is 1.56 bits per heavy atom. The SMILES string of the molecule is COC(=O)C(C)(CSc1nnc(C)s1)NC(C)C. The van der Waals surface area contributed by atoms with Crippen LogP contribution in [0.2, 0.25) is 0 Å². The lowest BCUT2D eigenvalue weighted by Crippen LogP contribution is -2.54. The van der Waals surface area contributed by atoms with Crippen LogP contribution in [0.3, 0.4) is 0 Å². The largest absolute Gasteiger partial charge is 0.468 e. The van der Waals surface area contributed by atoms with Gasteiger partial charge in [0, 0.05) is 11.8 Å². The monoisotopic (exact) mass is 289 g/mol. The van der Waals surface area contributed by atoms with E-state index in [4.69, 9.17) is 4.74 Å². The highest BCUT2D eigenvalue weighted by Crippen LogP contribution is 2.26. The molecule has 0 fully saturated rings. The minimum absolute atomic E-state index is 0.200. The van der Waals surface area contributed by atoms with E-state index >= 15 is 0 Å². The van der Waals surface area contributed by atoms with E-state index in [1.807, 2.05) is 27.7 Å². The van der Waals surface area contributed by atoms with Gasteiger partial charge < -0.3 is 4.74 Å². The topological polar surface area (TPSA) is 64.1 Å². The molecule has 102 valence electrons. The molecule has 1 aromatic rings. The van der Waals surface area contributed by atoms with E-state index in [0.717, 1.165) is 9.35 Å². The first-order valence-electron chi connectivity index (χ1n) is 5.66. The molecule has 0 aliphatic rings. The van der Waals surface area contributed by atoms with Gasteiger partial charge in [-0.05, 0) is 27.7 Å². The van der Waals surface area contributed by atoms with E-state index in [9.17, 15) is 4.79 Å². The maximum Gasteiger partial charge on any atom is 0.326 e. The first-order chi connectivity index (χ1) is 8.37. The third kappa shape index (κ3) is 4.22. The van der Waals surface area contributed by atoms with Crippen LogP contribution in [0.5, 0.6) is 0 Å². The van der Waals surface area contributed by atoms with Crippen LogP contribution >= 0.6 is 23.1 Å². The van der Waals surface area contributed by atoms with Crippen LogP contribution in [0.1, 0.15) is 25.8 Å². The minimum atomic E-state index is -0.715. The lowest BCUT2D eigenvalue weighted by atomic mass is 10.0. The number of nitrogens with zero attached hydrogens (tertiary/aromatic N) is 2. The van der Waals surface area contributed by atoms with Crippen LogP contribution < -0.4 is 5.32 Å². The predicted octanol–water partition coefficient (Wildman–Crippen LogP) is 1.87. The van der Waals surface area contributed by atoms with Gasteiger partial charge in [-0.2, -0.15) is 0 Å². The van der Waals surface area contributed by atoms with E-state index in [1.54, 1.807) is 0 Å². The Bertz CT molecular complexity index is 409. The van der Waals surface area contributed by atoms with Crippen molar-refractivity contribution in [3.05, 3.63) is 5.01 Å². The van der Waals surface area contributed by atoms with Crippen LogP contribution in [0.4, 0.5) is 0 Å². The molecule has 0 bridgehead atoms. The van der Waals surface area contributed by atoms with Crippen molar-refractivity contribution in [3.63, 3.8) is 0 Å². The molecule has 0 saturated heterocycles. The number of carbonyl (C=O) groups is 1. The Labute approximate surface area is 116 Å². The maximum atomic E-state index is 11.9. The first-order valence-corrected chi connectivity index (χ1v) is 7.46. The average Bonchev–Trinajstić information content (AvgIpc) is 2.70.